The molecule has 0 bridgehead atoms. The Kier molecular flexibility index (Phi) is 13.0. The van der Waals surface area contributed by atoms with Gasteiger partial charge in [-0.05, 0) is 39.3 Å². The standard InChI is InChI=1S/C14H34O3S2Si2/c1-20(2,3)16-9-13-18-11-7-15-8-12-19-14-10-17-21(4,5)6/h7-14H2,1-6H3. The normalized spacial score (nSPS) is 12.9. The molecule has 0 radical (unpaired) electrons. The molecule has 128 valence electrons. The maximum Gasteiger partial charge on any atom is 0.183 e. The Bertz CT molecular complexity index is 219. The van der Waals surface area contributed by atoms with Crippen LogP contribution in [0.1, 0.15) is 0 Å². The second-order valence-electron chi connectivity index (χ2n) is 6.76. The lowest BCUT2D eigenvalue weighted by atomic mass is 10.8. The van der Waals surface area contributed by atoms with Gasteiger partial charge in [-0.25, -0.2) is 0 Å². The molecule has 0 N–H and O–H groups in total. The predicted molar refractivity (Wildman–Crippen MR) is 104 cm³/mol. The van der Waals surface area contributed by atoms with E-state index in [-0.39, 0.29) is 0 Å². The quantitative estimate of drug-likeness (QED) is 0.338. The topological polar surface area (TPSA) is 27.7 Å². The van der Waals surface area contributed by atoms with Crippen LogP contribution >= 0.6 is 23.5 Å². The van der Waals surface area contributed by atoms with Gasteiger partial charge in [-0.3, -0.25) is 0 Å². The summed E-state index contributed by atoms with van der Waals surface area (Å²) < 4.78 is 17.2. The lowest BCUT2D eigenvalue weighted by molar-refractivity contribution is 0.167. The van der Waals surface area contributed by atoms with Gasteiger partial charge >= 0.3 is 0 Å². The fourth-order valence-corrected chi connectivity index (χ4v) is 4.36. The molecule has 0 heterocycles. The fraction of sp³-hybridized carbons (Fsp3) is 1.00. The van der Waals surface area contributed by atoms with Crippen molar-refractivity contribution in [2.24, 2.45) is 0 Å². The molecule has 0 atom stereocenters. The largest absolute Gasteiger partial charge is 0.417 e. The van der Waals surface area contributed by atoms with Crippen molar-refractivity contribution in [2.45, 2.75) is 39.3 Å². The second kappa shape index (κ2) is 12.4. The maximum absolute atomic E-state index is 5.80. The lowest BCUT2D eigenvalue weighted by Crippen LogP contribution is -2.26. The number of hydrogen-bond donors (Lipinski definition) is 0. The summed E-state index contributed by atoms with van der Waals surface area (Å²) in [6.07, 6.45) is 0. The molecule has 0 aromatic carbocycles. The molecule has 0 aromatic heterocycles. The number of hydrogen-bond acceptors (Lipinski definition) is 5. The van der Waals surface area contributed by atoms with Crippen LogP contribution in [0.4, 0.5) is 0 Å². The summed E-state index contributed by atoms with van der Waals surface area (Å²) in [7, 11) is -2.64. The Labute approximate surface area is 142 Å². The molecule has 0 amide bonds. The number of rotatable bonds is 14. The van der Waals surface area contributed by atoms with E-state index in [0.29, 0.717) is 0 Å². The highest BCUT2D eigenvalue weighted by molar-refractivity contribution is 7.99. The smallest absolute Gasteiger partial charge is 0.183 e. The second-order valence-corrected chi connectivity index (χ2v) is 18.2. The molecule has 0 aliphatic carbocycles. The van der Waals surface area contributed by atoms with Gasteiger partial charge in [0, 0.05) is 36.2 Å². The highest BCUT2D eigenvalue weighted by atomic mass is 32.2. The first kappa shape index (κ1) is 22.0. The summed E-state index contributed by atoms with van der Waals surface area (Å²) in [6, 6.07) is 0. The van der Waals surface area contributed by atoms with Gasteiger partial charge in [0.05, 0.1) is 13.2 Å². The van der Waals surface area contributed by atoms with Gasteiger partial charge in [0.15, 0.2) is 16.6 Å². The Morgan fingerprint density at radius 1 is 0.571 bits per heavy atom. The summed E-state index contributed by atoms with van der Waals surface area (Å²) in [5, 5.41) is 0. The minimum Gasteiger partial charge on any atom is -0.417 e. The lowest BCUT2D eigenvalue weighted by Gasteiger charge is -2.16. The van der Waals surface area contributed by atoms with Crippen LogP contribution in [0.15, 0.2) is 0 Å². The van der Waals surface area contributed by atoms with Crippen LogP contribution in [0.5, 0.6) is 0 Å². The molecule has 0 saturated carbocycles. The maximum atomic E-state index is 5.80. The Balaban J connectivity index is 3.10. The highest BCUT2D eigenvalue weighted by Crippen LogP contribution is 2.07. The predicted octanol–water partition coefficient (Wildman–Crippen LogP) is 4.17. The van der Waals surface area contributed by atoms with E-state index in [1.807, 2.05) is 23.5 Å². The first-order valence-corrected chi connectivity index (χ1v) is 16.8. The Hall–Kier alpha value is 1.01. The van der Waals surface area contributed by atoms with E-state index in [1.54, 1.807) is 0 Å². The molecule has 21 heavy (non-hydrogen) atoms. The van der Waals surface area contributed by atoms with Crippen LogP contribution < -0.4 is 0 Å². The van der Waals surface area contributed by atoms with E-state index in [4.69, 9.17) is 13.6 Å². The molecule has 0 rings (SSSR count). The third kappa shape index (κ3) is 21.0. The van der Waals surface area contributed by atoms with Gasteiger partial charge in [0.2, 0.25) is 0 Å². The van der Waals surface area contributed by atoms with Crippen molar-refractivity contribution in [3.63, 3.8) is 0 Å². The van der Waals surface area contributed by atoms with Gasteiger partial charge < -0.3 is 13.6 Å². The fourth-order valence-electron chi connectivity index (χ4n) is 1.36. The minimum absolute atomic E-state index is 0.851. The molecule has 7 heteroatoms. The average Bonchev–Trinajstić information content (AvgIpc) is 2.32. The first-order chi connectivity index (χ1) is 9.71. The van der Waals surface area contributed by atoms with E-state index >= 15 is 0 Å². The van der Waals surface area contributed by atoms with Crippen molar-refractivity contribution in [3.8, 4) is 0 Å². The average molecular weight is 371 g/mol. The van der Waals surface area contributed by atoms with E-state index < -0.39 is 16.6 Å². The molecule has 0 spiro atoms. The molecule has 3 nitrogen and oxygen atoms in total. The molecular weight excluding hydrogens is 336 g/mol. The SMILES string of the molecule is C[Si](C)(C)OCCSCCOCCSCCO[Si](C)(C)C. The van der Waals surface area contributed by atoms with Crippen molar-refractivity contribution < 1.29 is 13.6 Å². The van der Waals surface area contributed by atoms with Crippen LogP contribution in [0, 0.1) is 0 Å². The van der Waals surface area contributed by atoms with Crippen LogP contribution in [-0.4, -0.2) is 66.1 Å². The first-order valence-electron chi connectivity index (χ1n) is 7.72. The molecular formula is C14H34O3S2Si2. The molecule has 0 aliphatic heterocycles. The Morgan fingerprint density at radius 2 is 0.905 bits per heavy atom. The van der Waals surface area contributed by atoms with Crippen molar-refractivity contribution in [1.82, 2.24) is 0 Å². The zero-order valence-corrected chi connectivity index (χ0v) is 18.3. The van der Waals surface area contributed by atoms with Gasteiger partial charge in [0.25, 0.3) is 0 Å². The van der Waals surface area contributed by atoms with E-state index in [9.17, 15) is 0 Å². The van der Waals surface area contributed by atoms with Crippen LogP contribution in [0.3, 0.4) is 0 Å². The van der Waals surface area contributed by atoms with E-state index in [1.165, 1.54) is 0 Å². The van der Waals surface area contributed by atoms with E-state index in [2.05, 4.69) is 39.3 Å². The van der Waals surface area contributed by atoms with Crippen molar-refractivity contribution >= 4 is 40.2 Å². The van der Waals surface area contributed by atoms with Gasteiger partial charge in [0.1, 0.15) is 0 Å². The van der Waals surface area contributed by atoms with E-state index in [0.717, 1.165) is 49.4 Å². The van der Waals surface area contributed by atoms with Gasteiger partial charge in [-0.1, -0.05) is 0 Å². The summed E-state index contributed by atoms with van der Waals surface area (Å²) >= 11 is 3.84. The van der Waals surface area contributed by atoms with Crippen LogP contribution in [0.25, 0.3) is 0 Å². The third-order valence-electron chi connectivity index (χ3n) is 2.27. The molecule has 0 aliphatic rings. The summed E-state index contributed by atoms with van der Waals surface area (Å²) in [6.45, 7) is 16.8. The monoisotopic (exact) mass is 370 g/mol. The van der Waals surface area contributed by atoms with Gasteiger partial charge in [-0.2, -0.15) is 23.5 Å². The molecule has 0 saturated heterocycles. The minimum atomic E-state index is -1.32. The molecule has 0 fully saturated rings. The summed E-state index contributed by atoms with van der Waals surface area (Å²) in [5.74, 6) is 4.30. The highest BCUT2D eigenvalue weighted by Gasteiger charge is 2.13. The molecule has 0 unspecified atom stereocenters. The van der Waals surface area contributed by atoms with Crippen LogP contribution in [0.2, 0.25) is 39.3 Å². The number of thioether (sulfide) groups is 2. The molecule has 0 aromatic rings. The van der Waals surface area contributed by atoms with Crippen molar-refractivity contribution in [2.75, 3.05) is 49.4 Å². The van der Waals surface area contributed by atoms with Crippen molar-refractivity contribution in [3.05, 3.63) is 0 Å². The van der Waals surface area contributed by atoms with Gasteiger partial charge in [-0.15, -0.1) is 0 Å². The van der Waals surface area contributed by atoms with Crippen LogP contribution in [-0.2, 0) is 13.6 Å². The third-order valence-corrected chi connectivity index (χ3v) is 6.23. The number of ether oxygens (including phenoxy) is 1. The zero-order chi connectivity index (χ0) is 16.2. The zero-order valence-electron chi connectivity index (χ0n) is 14.7. The summed E-state index contributed by atoms with van der Waals surface area (Å²) in [4.78, 5) is 0. The summed E-state index contributed by atoms with van der Waals surface area (Å²) in [5.41, 5.74) is 0. The van der Waals surface area contributed by atoms with Crippen molar-refractivity contribution in [1.29, 1.82) is 0 Å². The Morgan fingerprint density at radius 3 is 1.24 bits per heavy atom.